The normalized spacial score (nSPS) is 26.3. The first-order valence-corrected chi connectivity index (χ1v) is 9.43. The molecule has 1 heterocycles. The highest BCUT2D eigenvalue weighted by Crippen LogP contribution is 2.38. The van der Waals surface area contributed by atoms with Crippen LogP contribution in [-0.2, 0) is 10.2 Å². The van der Waals surface area contributed by atoms with Crippen LogP contribution in [0.25, 0.3) is 0 Å². The van der Waals surface area contributed by atoms with Crippen molar-refractivity contribution in [2.45, 2.75) is 64.3 Å². The first-order chi connectivity index (χ1) is 12.1. The van der Waals surface area contributed by atoms with Gasteiger partial charge in [-0.25, -0.2) is 4.79 Å². The third-order valence-electron chi connectivity index (χ3n) is 5.88. The summed E-state index contributed by atoms with van der Waals surface area (Å²) in [6, 6.07) is 6.98. The van der Waals surface area contributed by atoms with E-state index in [2.05, 4.69) is 26.1 Å². The zero-order valence-corrected chi connectivity index (χ0v) is 16.1. The standard InChI is InChI=1S/C21H28N2O3/c1-14-7-5-6-12-21(14)18(25)23(19(26)22-21)13-17(24)15-8-10-16(11-9-15)20(2,3)4/h8-11,14H,5-7,12-13H2,1-4H3,(H,22,26)/t14-,21-/m1/s1. The number of rotatable bonds is 3. The lowest BCUT2D eigenvalue weighted by Gasteiger charge is -2.36. The predicted octanol–water partition coefficient (Wildman–Crippen LogP) is 3.67. The molecule has 5 heteroatoms. The Labute approximate surface area is 155 Å². The van der Waals surface area contributed by atoms with E-state index in [0.717, 1.165) is 29.7 Å². The van der Waals surface area contributed by atoms with Crippen molar-refractivity contribution in [1.82, 2.24) is 10.2 Å². The molecule has 0 aromatic heterocycles. The summed E-state index contributed by atoms with van der Waals surface area (Å²) >= 11 is 0. The fourth-order valence-electron chi connectivity index (χ4n) is 4.03. The topological polar surface area (TPSA) is 66.5 Å². The largest absolute Gasteiger partial charge is 0.325 e. The van der Waals surface area contributed by atoms with Crippen molar-refractivity contribution < 1.29 is 14.4 Å². The highest BCUT2D eigenvalue weighted by molar-refractivity contribution is 6.11. The molecule has 3 amide bonds. The van der Waals surface area contributed by atoms with Gasteiger partial charge >= 0.3 is 6.03 Å². The van der Waals surface area contributed by atoms with Crippen molar-refractivity contribution in [3.05, 3.63) is 35.4 Å². The van der Waals surface area contributed by atoms with E-state index in [1.54, 1.807) is 12.1 Å². The van der Waals surface area contributed by atoms with Crippen molar-refractivity contribution in [1.29, 1.82) is 0 Å². The Morgan fingerprint density at radius 2 is 1.85 bits per heavy atom. The van der Waals surface area contributed by atoms with Gasteiger partial charge in [-0.3, -0.25) is 14.5 Å². The van der Waals surface area contributed by atoms with Gasteiger partial charge in [0.1, 0.15) is 5.54 Å². The lowest BCUT2D eigenvalue weighted by molar-refractivity contribution is -0.133. The Hall–Kier alpha value is -2.17. The molecule has 1 aromatic rings. The van der Waals surface area contributed by atoms with Gasteiger partial charge in [-0.2, -0.15) is 0 Å². The first-order valence-electron chi connectivity index (χ1n) is 9.43. The molecule has 1 aliphatic heterocycles. The summed E-state index contributed by atoms with van der Waals surface area (Å²) in [7, 11) is 0. The van der Waals surface area contributed by atoms with Gasteiger partial charge < -0.3 is 5.32 Å². The molecule has 1 saturated carbocycles. The van der Waals surface area contributed by atoms with Crippen LogP contribution in [0.2, 0.25) is 0 Å². The van der Waals surface area contributed by atoms with Crippen molar-refractivity contribution in [3.63, 3.8) is 0 Å². The molecule has 140 valence electrons. The maximum atomic E-state index is 12.9. The summed E-state index contributed by atoms with van der Waals surface area (Å²) in [4.78, 5) is 39.1. The number of hydrogen-bond acceptors (Lipinski definition) is 3. The lowest BCUT2D eigenvalue weighted by Crippen LogP contribution is -2.54. The molecule has 3 rings (SSSR count). The van der Waals surface area contributed by atoms with Crippen LogP contribution in [0.5, 0.6) is 0 Å². The van der Waals surface area contributed by atoms with Crippen molar-refractivity contribution in [2.24, 2.45) is 5.92 Å². The van der Waals surface area contributed by atoms with E-state index in [-0.39, 0.29) is 29.6 Å². The van der Waals surface area contributed by atoms with Gasteiger partial charge in [-0.15, -0.1) is 0 Å². The van der Waals surface area contributed by atoms with Crippen LogP contribution in [0.15, 0.2) is 24.3 Å². The van der Waals surface area contributed by atoms with Crippen LogP contribution < -0.4 is 5.32 Å². The average Bonchev–Trinajstić information content (AvgIpc) is 2.82. The number of benzene rings is 1. The molecule has 0 radical (unpaired) electrons. The number of urea groups is 1. The van der Waals surface area contributed by atoms with Crippen molar-refractivity contribution in [3.8, 4) is 0 Å². The fourth-order valence-corrected chi connectivity index (χ4v) is 4.03. The summed E-state index contributed by atoms with van der Waals surface area (Å²) < 4.78 is 0. The Balaban J connectivity index is 1.75. The van der Waals surface area contributed by atoms with Crippen LogP contribution in [-0.4, -0.2) is 34.7 Å². The van der Waals surface area contributed by atoms with E-state index in [1.807, 2.05) is 19.1 Å². The van der Waals surface area contributed by atoms with E-state index >= 15 is 0 Å². The Morgan fingerprint density at radius 3 is 2.42 bits per heavy atom. The van der Waals surface area contributed by atoms with Gasteiger partial charge in [0.2, 0.25) is 0 Å². The number of carbonyl (C=O) groups excluding carboxylic acids is 3. The van der Waals surface area contributed by atoms with E-state index in [1.165, 1.54) is 0 Å². The highest BCUT2D eigenvalue weighted by atomic mass is 16.2. The molecule has 1 N–H and O–H groups in total. The fraction of sp³-hybridized carbons (Fsp3) is 0.571. The summed E-state index contributed by atoms with van der Waals surface area (Å²) in [6.45, 7) is 8.15. The quantitative estimate of drug-likeness (QED) is 0.664. The van der Waals surface area contributed by atoms with E-state index in [4.69, 9.17) is 0 Å². The number of imide groups is 1. The van der Waals surface area contributed by atoms with Crippen LogP contribution in [0, 0.1) is 5.92 Å². The molecule has 1 spiro atoms. The maximum Gasteiger partial charge on any atom is 0.325 e. The lowest BCUT2D eigenvalue weighted by atomic mass is 9.73. The second-order valence-electron chi connectivity index (χ2n) is 8.69. The van der Waals surface area contributed by atoms with E-state index in [0.29, 0.717) is 12.0 Å². The molecule has 0 unspecified atom stereocenters. The monoisotopic (exact) mass is 356 g/mol. The van der Waals surface area contributed by atoms with Gasteiger partial charge in [0, 0.05) is 5.56 Å². The van der Waals surface area contributed by atoms with Crippen LogP contribution in [0.3, 0.4) is 0 Å². The number of ketones is 1. The predicted molar refractivity (Wildman–Crippen MR) is 100 cm³/mol. The molecule has 1 aliphatic carbocycles. The van der Waals surface area contributed by atoms with Gasteiger partial charge in [-0.1, -0.05) is 64.8 Å². The van der Waals surface area contributed by atoms with E-state index in [9.17, 15) is 14.4 Å². The smallest absolute Gasteiger partial charge is 0.323 e. The number of nitrogens with one attached hydrogen (secondary N) is 1. The van der Waals surface area contributed by atoms with E-state index < -0.39 is 11.6 Å². The van der Waals surface area contributed by atoms with Gasteiger partial charge in [0.15, 0.2) is 5.78 Å². The van der Waals surface area contributed by atoms with Crippen LogP contribution in [0.1, 0.15) is 69.3 Å². The number of nitrogens with zero attached hydrogens (tertiary/aromatic N) is 1. The Kier molecular flexibility index (Phi) is 4.67. The number of Topliss-reactive ketones (excluding diaryl/α,β-unsaturated/α-hetero) is 1. The third kappa shape index (κ3) is 3.15. The first kappa shape index (κ1) is 18.6. The van der Waals surface area contributed by atoms with Gasteiger partial charge in [0.25, 0.3) is 5.91 Å². The Bertz CT molecular complexity index is 733. The number of carbonyl (C=O) groups is 3. The highest BCUT2D eigenvalue weighted by Gasteiger charge is 2.55. The number of hydrogen-bond donors (Lipinski definition) is 1. The van der Waals surface area contributed by atoms with Crippen molar-refractivity contribution in [2.75, 3.05) is 6.54 Å². The molecule has 5 nitrogen and oxygen atoms in total. The van der Waals surface area contributed by atoms with Crippen molar-refractivity contribution >= 4 is 17.7 Å². The summed E-state index contributed by atoms with van der Waals surface area (Å²) in [5.74, 6) is -0.359. The molecule has 26 heavy (non-hydrogen) atoms. The zero-order valence-electron chi connectivity index (χ0n) is 16.1. The SMILES string of the molecule is C[C@@H]1CCCC[C@@]12NC(=O)N(CC(=O)c1ccc(C(C)(C)C)cc1)C2=O. The summed E-state index contributed by atoms with van der Waals surface area (Å²) in [5.41, 5.74) is 0.858. The molecule has 1 saturated heterocycles. The third-order valence-corrected chi connectivity index (χ3v) is 5.88. The minimum atomic E-state index is -0.814. The molecule has 2 fully saturated rings. The zero-order chi connectivity index (χ0) is 19.1. The van der Waals surface area contributed by atoms with Gasteiger partial charge in [0.05, 0.1) is 6.54 Å². The minimum absolute atomic E-state index is 0.00981. The number of amides is 3. The molecule has 2 aliphatic rings. The maximum absolute atomic E-state index is 12.9. The summed E-state index contributed by atoms with van der Waals surface area (Å²) in [6.07, 6.45) is 3.57. The molecule has 2 atom stereocenters. The van der Waals surface area contributed by atoms with Crippen LogP contribution in [0.4, 0.5) is 4.79 Å². The molecular formula is C21H28N2O3. The second kappa shape index (κ2) is 6.53. The van der Waals surface area contributed by atoms with Crippen LogP contribution >= 0.6 is 0 Å². The molecule has 1 aromatic carbocycles. The summed E-state index contributed by atoms with van der Waals surface area (Å²) in [5, 5.41) is 2.89. The molecule has 0 bridgehead atoms. The minimum Gasteiger partial charge on any atom is -0.323 e. The second-order valence-corrected chi connectivity index (χ2v) is 8.69. The average molecular weight is 356 g/mol. The van der Waals surface area contributed by atoms with Gasteiger partial charge in [-0.05, 0) is 29.7 Å². The Morgan fingerprint density at radius 1 is 1.19 bits per heavy atom. The molecular weight excluding hydrogens is 328 g/mol.